The summed E-state index contributed by atoms with van der Waals surface area (Å²) < 4.78 is 1.71. The molecule has 0 amide bonds. The van der Waals surface area contributed by atoms with Gasteiger partial charge < -0.3 is 5.73 Å². The van der Waals surface area contributed by atoms with Crippen LogP contribution in [-0.2, 0) is 0 Å². The standard InChI is InChI=1S/C11H15N5/c1-15-6-2-3-9(15)8-7-14-16-10(12)4-5-13-11(8)16/h4-5,7,9H,2-3,6,12H2,1H3. The molecular formula is C11H15N5. The van der Waals surface area contributed by atoms with E-state index in [1.54, 1.807) is 16.8 Å². The third-order valence-corrected chi connectivity index (χ3v) is 3.34. The van der Waals surface area contributed by atoms with Crippen LogP contribution in [0.4, 0.5) is 5.82 Å². The smallest absolute Gasteiger partial charge is 0.162 e. The Bertz CT molecular complexity index is 518. The molecule has 2 aromatic rings. The minimum Gasteiger partial charge on any atom is -0.384 e. The van der Waals surface area contributed by atoms with Crippen molar-refractivity contribution in [3.8, 4) is 0 Å². The van der Waals surface area contributed by atoms with Crippen LogP contribution in [0.15, 0.2) is 18.5 Å². The van der Waals surface area contributed by atoms with E-state index in [2.05, 4.69) is 22.0 Å². The average Bonchev–Trinajstić information content (AvgIpc) is 2.84. The number of nitrogen functional groups attached to an aromatic ring is 1. The zero-order valence-electron chi connectivity index (χ0n) is 9.30. The Morgan fingerprint density at radius 1 is 1.50 bits per heavy atom. The highest BCUT2D eigenvalue weighted by molar-refractivity contribution is 5.52. The number of anilines is 1. The van der Waals surface area contributed by atoms with Crippen LogP contribution >= 0.6 is 0 Å². The van der Waals surface area contributed by atoms with Crippen molar-refractivity contribution in [2.45, 2.75) is 18.9 Å². The second-order valence-corrected chi connectivity index (χ2v) is 4.34. The molecule has 0 bridgehead atoms. The second-order valence-electron chi connectivity index (χ2n) is 4.34. The molecule has 5 nitrogen and oxygen atoms in total. The van der Waals surface area contributed by atoms with Crippen LogP contribution in [0.5, 0.6) is 0 Å². The molecule has 1 fully saturated rings. The molecule has 1 aliphatic heterocycles. The first-order valence-electron chi connectivity index (χ1n) is 5.56. The van der Waals surface area contributed by atoms with Gasteiger partial charge in [-0.2, -0.15) is 9.61 Å². The summed E-state index contributed by atoms with van der Waals surface area (Å²) in [6.07, 6.45) is 6.05. The molecule has 16 heavy (non-hydrogen) atoms. The SMILES string of the molecule is CN1CCCC1c1cnn2c(N)ccnc12. The number of aromatic nitrogens is 3. The fourth-order valence-electron chi connectivity index (χ4n) is 2.47. The number of likely N-dealkylation sites (tertiary alicyclic amines) is 1. The number of fused-ring (bicyclic) bond motifs is 1. The van der Waals surface area contributed by atoms with Crippen molar-refractivity contribution in [2.24, 2.45) is 0 Å². The Morgan fingerprint density at radius 3 is 3.12 bits per heavy atom. The highest BCUT2D eigenvalue weighted by Crippen LogP contribution is 2.32. The molecule has 0 aromatic carbocycles. The first kappa shape index (κ1) is 9.59. The fourth-order valence-corrected chi connectivity index (χ4v) is 2.47. The first-order valence-corrected chi connectivity index (χ1v) is 5.56. The van der Waals surface area contributed by atoms with Crippen molar-refractivity contribution >= 4 is 11.5 Å². The molecule has 0 aliphatic carbocycles. The molecule has 3 heterocycles. The van der Waals surface area contributed by atoms with Crippen molar-refractivity contribution in [1.29, 1.82) is 0 Å². The maximum atomic E-state index is 5.85. The minimum atomic E-state index is 0.437. The van der Waals surface area contributed by atoms with E-state index in [0.29, 0.717) is 11.9 Å². The highest BCUT2D eigenvalue weighted by atomic mass is 15.3. The van der Waals surface area contributed by atoms with E-state index in [9.17, 15) is 0 Å². The Hall–Kier alpha value is -1.62. The summed E-state index contributed by atoms with van der Waals surface area (Å²) >= 11 is 0. The number of nitrogens with two attached hydrogens (primary N) is 1. The zero-order chi connectivity index (χ0) is 11.1. The summed E-state index contributed by atoms with van der Waals surface area (Å²) in [5.74, 6) is 0.636. The van der Waals surface area contributed by atoms with Crippen molar-refractivity contribution in [3.63, 3.8) is 0 Å². The van der Waals surface area contributed by atoms with Crippen molar-refractivity contribution in [2.75, 3.05) is 19.3 Å². The molecule has 84 valence electrons. The molecule has 0 spiro atoms. The van der Waals surface area contributed by atoms with Gasteiger partial charge in [-0.1, -0.05) is 0 Å². The lowest BCUT2D eigenvalue weighted by molar-refractivity contribution is 0.319. The third kappa shape index (κ3) is 1.28. The molecule has 0 saturated carbocycles. The summed E-state index contributed by atoms with van der Waals surface area (Å²) in [6, 6.07) is 2.20. The van der Waals surface area contributed by atoms with Gasteiger partial charge in [0.1, 0.15) is 5.82 Å². The Balaban J connectivity index is 2.14. The van der Waals surface area contributed by atoms with Crippen molar-refractivity contribution in [1.82, 2.24) is 19.5 Å². The molecular weight excluding hydrogens is 202 g/mol. The topological polar surface area (TPSA) is 59.5 Å². The van der Waals surface area contributed by atoms with Crippen LogP contribution in [0.3, 0.4) is 0 Å². The van der Waals surface area contributed by atoms with Gasteiger partial charge in [-0.25, -0.2) is 4.98 Å². The summed E-state index contributed by atoms with van der Waals surface area (Å²) in [5.41, 5.74) is 7.92. The van der Waals surface area contributed by atoms with E-state index < -0.39 is 0 Å². The molecule has 1 atom stereocenters. The molecule has 1 aliphatic rings. The van der Waals surface area contributed by atoms with Crippen LogP contribution in [0.1, 0.15) is 24.4 Å². The number of hydrogen-bond donors (Lipinski definition) is 1. The van der Waals surface area contributed by atoms with Gasteiger partial charge in [-0.15, -0.1) is 0 Å². The van der Waals surface area contributed by atoms with E-state index in [1.165, 1.54) is 18.4 Å². The first-order chi connectivity index (χ1) is 7.77. The monoisotopic (exact) mass is 217 g/mol. The normalized spacial score (nSPS) is 21.9. The Kier molecular flexibility index (Phi) is 2.07. The Morgan fingerprint density at radius 2 is 2.38 bits per heavy atom. The van der Waals surface area contributed by atoms with Gasteiger partial charge in [-0.3, -0.25) is 4.90 Å². The lowest BCUT2D eigenvalue weighted by atomic mass is 10.1. The summed E-state index contributed by atoms with van der Waals surface area (Å²) in [5, 5.41) is 4.30. The molecule has 2 aromatic heterocycles. The van der Waals surface area contributed by atoms with Gasteiger partial charge in [0.15, 0.2) is 5.65 Å². The zero-order valence-corrected chi connectivity index (χ0v) is 9.30. The van der Waals surface area contributed by atoms with Crippen LogP contribution in [-0.4, -0.2) is 33.1 Å². The molecule has 1 saturated heterocycles. The van der Waals surface area contributed by atoms with Crippen molar-refractivity contribution in [3.05, 3.63) is 24.0 Å². The van der Waals surface area contributed by atoms with Gasteiger partial charge in [0, 0.05) is 17.8 Å². The number of rotatable bonds is 1. The van der Waals surface area contributed by atoms with Gasteiger partial charge in [-0.05, 0) is 32.5 Å². The maximum absolute atomic E-state index is 5.85. The van der Waals surface area contributed by atoms with Gasteiger partial charge in [0.05, 0.1) is 6.20 Å². The third-order valence-electron chi connectivity index (χ3n) is 3.34. The minimum absolute atomic E-state index is 0.437. The van der Waals surface area contributed by atoms with Crippen LogP contribution in [0.2, 0.25) is 0 Å². The van der Waals surface area contributed by atoms with E-state index in [-0.39, 0.29) is 0 Å². The highest BCUT2D eigenvalue weighted by Gasteiger charge is 2.26. The van der Waals surface area contributed by atoms with Crippen LogP contribution in [0.25, 0.3) is 5.65 Å². The maximum Gasteiger partial charge on any atom is 0.162 e. The molecule has 0 radical (unpaired) electrons. The number of nitrogens with zero attached hydrogens (tertiary/aromatic N) is 4. The predicted octanol–water partition coefficient (Wildman–Crippen LogP) is 1.08. The van der Waals surface area contributed by atoms with E-state index in [4.69, 9.17) is 5.73 Å². The largest absolute Gasteiger partial charge is 0.384 e. The number of hydrogen-bond acceptors (Lipinski definition) is 4. The van der Waals surface area contributed by atoms with E-state index in [1.807, 2.05) is 6.20 Å². The summed E-state index contributed by atoms with van der Waals surface area (Å²) in [6.45, 7) is 1.14. The molecule has 5 heteroatoms. The molecule has 2 N–H and O–H groups in total. The van der Waals surface area contributed by atoms with E-state index in [0.717, 1.165) is 12.2 Å². The van der Waals surface area contributed by atoms with Gasteiger partial charge >= 0.3 is 0 Å². The van der Waals surface area contributed by atoms with Crippen molar-refractivity contribution < 1.29 is 0 Å². The van der Waals surface area contributed by atoms with Gasteiger partial charge in [0.25, 0.3) is 0 Å². The van der Waals surface area contributed by atoms with Crippen LogP contribution < -0.4 is 5.73 Å². The average molecular weight is 217 g/mol. The lowest BCUT2D eigenvalue weighted by Gasteiger charge is -2.17. The summed E-state index contributed by atoms with van der Waals surface area (Å²) in [4.78, 5) is 6.72. The fraction of sp³-hybridized carbons (Fsp3) is 0.455. The van der Waals surface area contributed by atoms with Gasteiger partial charge in [0.2, 0.25) is 0 Å². The predicted molar refractivity (Wildman–Crippen MR) is 62.0 cm³/mol. The Labute approximate surface area is 93.9 Å². The van der Waals surface area contributed by atoms with Crippen LogP contribution in [0, 0.1) is 0 Å². The second kappa shape index (κ2) is 3.45. The molecule has 1 unspecified atom stereocenters. The van der Waals surface area contributed by atoms with E-state index >= 15 is 0 Å². The lowest BCUT2D eigenvalue weighted by Crippen LogP contribution is -2.17. The summed E-state index contributed by atoms with van der Waals surface area (Å²) in [7, 11) is 2.15. The quantitative estimate of drug-likeness (QED) is 0.776. The molecule has 3 rings (SSSR count).